The van der Waals surface area contributed by atoms with E-state index >= 15 is 0 Å². The van der Waals surface area contributed by atoms with Gasteiger partial charge < -0.3 is 0 Å². The lowest BCUT2D eigenvalue weighted by molar-refractivity contribution is 0.781. The first-order chi connectivity index (χ1) is 4.72. The van der Waals surface area contributed by atoms with Crippen LogP contribution in [0.1, 0.15) is 40.0 Å². The van der Waals surface area contributed by atoms with E-state index < -0.39 is 0 Å². The molecule has 0 aliphatic rings. The highest BCUT2D eigenvalue weighted by Crippen LogP contribution is 2.12. The molecular weight excluding hydrogens is 140 g/mol. The van der Waals surface area contributed by atoms with Gasteiger partial charge >= 0.3 is 0 Å². The second kappa shape index (κ2) is 5.84. The van der Waals surface area contributed by atoms with E-state index in [4.69, 9.17) is 0 Å². The SMILES string of the molecule is CCCC/C(C)=C(/C)CS. The molecule has 0 nitrogen and oxygen atoms in total. The molecule has 0 atom stereocenters. The number of thiol groups is 1. The molecule has 10 heavy (non-hydrogen) atoms. The Bertz CT molecular complexity index is 114. The summed E-state index contributed by atoms with van der Waals surface area (Å²) >= 11 is 4.22. The van der Waals surface area contributed by atoms with E-state index in [0.717, 1.165) is 5.75 Å². The van der Waals surface area contributed by atoms with Crippen molar-refractivity contribution in [2.24, 2.45) is 0 Å². The van der Waals surface area contributed by atoms with Crippen molar-refractivity contribution in [3.05, 3.63) is 11.1 Å². The Labute approximate surface area is 70.1 Å². The average Bonchev–Trinajstić information content (AvgIpc) is 1.98. The molecule has 0 saturated heterocycles. The standard InChI is InChI=1S/C9H18S/c1-4-5-6-8(2)9(3)7-10/h10H,4-7H2,1-3H3/b9-8-. The Balaban J connectivity index is 3.68. The van der Waals surface area contributed by atoms with Crippen molar-refractivity contribution in [1.82, 2.24) is 0 Å². The molecule has 0 heterocycles. The van der Waals surface area contributed by atoms with Gasteiger partial charge in [0.1, 0.15) is 0 Å². The molecule has 0 N–H and O–H groups in total. The summed E-state index contributed by atoms with van der Waals surface area (Å²) in [5.74, 6) is 0.912. The Morgan fingerprint density at radius 1 is 1.20 bits per heavy atom. The normalized spacial score (nSPS) is 13.2. The van der Waals surface area contributed by atoms with Crippen molar-refractivity contribution in [3.8, 4) is 0 Å². The quantitative estimate of drug-likeness (QED) is 0.470. The monoisotopic (exact) mass is 158 g/mol. The highest BCUT2D eigenvalue weighted by molar-refractivity contribution is 7.80. The fourth-order valence-electron chi connectivity index (χ4n) is 0.790. The van der Waals surface area contributed by atoms with E-state index in [2.05, 4.69) is 33.4 Å². The Morgan fingerprint density at radius 3 is 2.20 bits per heavy atom. The largest absolute Gasteiger partial charge is 0.175 e. The molecule has 0 aliphatic heterocycles. The van der Waals surface area contributed by atoms with Crippen LogP contribution in [-0.4, -0.2) is 5.75 Å². The van der Waals surface area contributed by atoms with Crippen LogP contribution in [0.3, 0.4) is 0 Å². The molecule has 0 amide bonds. The van der Waals surface area contributed by atoms with Crippen LogP contribution in [0.25, 0.3) is 0 Å². The van der Waals surface area contributed by atoms with Crippen molar-refractivity contribution in [1.29, 1.82) is 0 Å². The maximum Gasteiger partial charge on any atom is 0.0112 e. The topological polar surface area (TPSA) is 0 Å². The van der Waals surface area contributed by atoms with E-state index in [1.807, 2.05) is 0 Å². The molecule has 0 saturated carbocycles. The van der Waals surface area contributed by atoms with Gasteiger partial charge in [-0.15, -0.1) is 0 Å². The van der Waals surface area contributed by atoms with Crippen LogP contribution in [-0.2, 0) is 0 Å². The predicted molar refractivity (Wildman–Crippen MR) is 51.8 cm³/mol. The van der Waals surface area contributed by atoms with Gasteiger partial charge in [-0.2, -0.15) is 12.6 Å². The van der Waals surface area contributed by atoms with Gasteiger partial charge in [0, 0.05) is 5.75 Å². The van der Waals surface area contributed by atoms with E-state index in [9.17, 15) is 0 Å². The zero-order valence-corrected chi connectivity index (χ0v) is 8.17. The van der Waals surface area contributed by atoms with Gasteiger partial charge in [-0.3, -0.25) is 0 Å². The van der Waals surface area contributed by atoms with Gasteiger partial charge in [0.2, 0.25) is 0 Å². The fourth-order valence-corrected chi connectivity index (χ4v) is 1.06. The predicted octanol–water partition coefficient (Wildman–Crippen LogP) is 3.44. The summed E-state index contributed by atoms with van der Waals surface area (Å²) in [6, 6.07) is 0. The number of unbranched alkanes of at least 4 members (excludes halogenated alkanes) is 1. The summed E-state index contributed by atoms with van der Waals surface area (Å²) in [5, 5.41) is 0. The van der Waals surface area contributed by atoms with Crippen LogP contribution in [0.15, 0.2) is 11.1 Å². The molecule has 0 aromatic rings. The number of allylic oxidation sites excluding steroid dienone is 1. The minimum atomic E-state index is 0.912. The third-order valence-electron chi connectivity index (χ3n) is 1.87. The summed E-state index contributed by atoms with van der Waals surface area (Å²) in [6.45, 7) is 6.60. The summed E-state index contributed by atoms with van der Waals surface area (Å²) in [4.78, 5) is 0. The molecule has 0 rings (SSSR count). The van der Waals surface area contributed by atoms with Gasteiger partial charge in [0.05, 0.1) is 0 Å². The molecule has 0 unspecified atom stereocenters. The van der Waals surface area contributed by atoms with E-state index in [0.29, 0.717) is 0 Å². The van der Waals surface area contributed by atoms with Gasteiger partial charge in [-0.05, 0) is 26.7 Å². The number of hydrogen-bond acceptors (Lipinski definition) is 1. The molecule has 0 aromatic carbocycles. The van der Waals surface area contributed by atoms with Crippen molar-refractivity contribution in [3.63, 3.8) is 0 Å². The Kier molecular flexibility index (Phi) is 5.90. The highest BCUT2D eigenvalue weighted by atomic mass is 32.1. The molecule has 0 radical (unpaired) electrons. The Morgan fingerprint density at radius 2 is 1.80 bits per heavy atom. The molecule has 0 fully saturated rings. The molecule has 1 heteroatoms. The van der Waals surface area contributed by atoms with Gasteiger partial charge in [0.25, 0.3) is 0 Å². The third kappa shape index (κ3) is 3.99. The Hall–Kier alpha value is 0.0900. The molecule has 0 aromatic heterocycles. The molecular formula is C9H18S. The second-order valence-corrected chi connectivity index (χ2v) is 3.14. The van der Waals surface area contributed by atoms with Crippen LogP contribution in [0.4, 0.5) is 0 Å². The first kappa shape index (κ1) is 10.1. The van der Waals surface area contributed by atoms with Crippen LogP contribution in [0.2, 0.25) is 0 Å². The minimum Gasteiger partial charge on any atom is -0.175 e. The summed E-state index contributed by atoms with van der Waals surface area (Å²) in [5.41, 5.74) is 2.97. The lowest BCUT2D eigenvalue weighted by Gasteiger charge is -2.03. The first-order valence-corrected chi connectivity index (χ1v) is 4.61. The van der Waals surface area contributed by atoms with Crippen molar-refractivity contribution in [2.45, 2.75) is 40.0 Å². The van der Waals surface area contributed by atoms with Crippen molar-refractivity contribution >= 4 is 12.6 Å². The maximum atomic E-state index is 4.22. The summed E-state index contributed by atoms with van der Waals surface area (Å²) in [7, 11) is 0. The van der Waals surface area contributed by atoms with Crippen LogP contribution < -0.4 is 0 Å². The van der Waals surface area contributed by atoms with Gasteiger partial charge in [-0.1, -0.05) is 24.5 Å². The maximum absolute atomic E-state index is 4.22. The second-order valence-electron chi connectivity index (χ2n) is 2.82. The summed E-state index contributed by atoms with van der Waals surface area (Å²) in [6.07, 6.45) is 3.86. The van der Waals surface area contributed by atoms with Crippen LogP contribution >= 0.6 is 12.6 Å². The number of hydrogen-bond donors (Lipinski definition) is 1. The van der Waals surface area contributed by atoms with Gasteiger partial charge in [0.15, 0.2) is 0 Å². The minimum absolute atomic E-state index is 0.912. The zero-order chi connectivity index (χ0) is 7.98. The lowest BCUT2D eigenvalue weighted by Crippen LogP contribution is -1.85. The van der Waals surface area contributed by atoms with Gasteiger partial charge in [-0.25, -0.2) is 0 Å². The smallest absolute Gasteiger partial charge is 0.0112 e. The third-order valence-corrected chi connectivity index (χ3v) is 2.35. The fraction of sp³-hybridized carbons (Fsp3) is 0.778. The van der Waals surface area contributed by atoms with Crippen LogP contribution in [0, 0.1) is 0 Å². The summed E-state index contributed by atoms with van der Waals surface area (Å²) < 4.78 is 0. The van der Waals surface area contributed by atoms with Crippen molar-refractivity contribution < 1.29 is 0 Å². The highest BCUT2D eigenvalue weighted by Gasteiger charge is 1.93. The molecule has 60 valence electrons. The number of rotatable bonds is 4. The van der Waals surface area contributed by atoms with E-state index in [1.54, 1.807) is 0 Å². The van der Waals surface area contributed by atoms with E-state index in [1.165, 1.54) is 30.4 Å². The lowest BCUT2D eigenvalue weighted by atomic mass is 10.1. The average molecular weight is 158 g/mol. The van der Waals surface area contributed by atoms with E-state index in [-0.39, 0.29) is 0 Å². The van der Waals surface area contributed by atoms with Crippen LogP contribution in [0.5, 0.6) is 0 Å². The molecule has 0 aliphatic carbocycles. The molecule has 0 bridgehead atoms. The first-order valence-electron chi connectivity index (χ1n) is 3.98. The zero-order valence-electron chi connectivity index (χ0n) is 7.28. The van der Waals surface area contributed by atoms with Crippen molar-refractivity contribution in [2.75, 3.05) is 5.75 Å². The molecule has 0 spiro atoms.